The second-order valence-corrected chi connectivity index (χ2v) is 3.43. The third-order valence-electron chi connectivity index (χ3n) is 1.87. The number of carbonyl (C=O) groups is 2. The number of carbonyl (C=O) groups excluding carboxylic acids is 2. The van der Waals surface area contributed by atoms with E-state index in [0.717, 1.165) is 6.21 Å². The molecule has 20 heavy (non-hydrogen) atoms. The van der Waals surface area contributed by atoms with Crippen LogP contribution in [-0.2, 0) is 0 Å². The zero-order chi connectivity index (χ0) is 15.7. The lowest BCUT2D eigenvalue weighted by Gasteiger charge is -2.21. The van der Waals surface area contributed by atoms with Crippen LogP contribution in [0.25, 0.3) is 0 Å². The predicted octanol–water partition coefficient (Wildman–Crippen LogP) is -4.26. The van der Waals surface area contributed by atoms with Crippen molar-refractivity contribution in [2.45, 2.75) is 18.3 Å². The molecule has 10 N–H and O–H groups in total. The van der Waals surface area contributed by atoms with Crippen molar-refractivity contribution < 1.29 is 30.0 Å². The smallest absolute Gasteiger partial charge is 0.332 e. The van der Waals surface area contributed by atoms with Gasteiger partial charge < -0.3 is 31.9 Å². The summed E-state index contributed by atoms with van der Waals surface area (Å²) in [6.07, 6.45) is -4.57. The molecule has 0 spiro atoms. The second-order valence-electron chi connectivity index (χ2n) is 3.43. The van der Waals surface area contributed by atoms with Crippen LogP contribution in [0.4, 0.5) is 9.59 Å². The maximum Gasteiger partial charge on any atom is 0.332 e. The number of aliphatic hydroxyl groups excluding tert-OH is 4. The highest BCUT2D eigenvalue weighted by Gasteiger charge is 2.28. The number of aliphatic hydroxyl groups is 4. The van der Waals surface area contributed by atoms with Crippen molar-refractivity contribution in [3.8, 4) is 0 Å². The molecular weight excluding hydrogens is 276 g/mol. The molecule has 0 aliphatic carbocycles. The average Bonchev–Trinajstić information content (AvgIpc) is 2.39. The van der Waals surface area contributed by atoms with Crippen molar-refractivity contribution in [1.82, 2.24) is 10.9 Å². The van der Waals surface area contributed by atoms with Crippen LogP contribution >= 0.6 is 0 Å². The average molecular weight is 292 g/mol. The quantitative estimate of drug-likeness (QED) is 0.171. The van der Waals surface area contributed by atoms with Crippen LogP contribution in [0.3, 0.4) is 0 Å². The first kappa shape index (κ1) is 17.7. The number of hydrogen-bond donors (Lipinski definition) is 8. The molecule has 0 radical (unpaired) electrons. The lowest BCUT2D eigenvalue weighted by atomic mass is 10.0. The molecule has 12 nitrogen and oxygen atoms in total. The summed E-state index contributed by atoms with van der Waals surface area (Å²) in [6, 6.07) is -2.07. The van der Waals surface area contributed by atoms with Crippen molar-refractivity contribution in [3.63, 3.8) is 0 Å². The number of rotatable bonds is 7. The zero-order valence-corrected chi connectivity index (χ0v) is 10.2. The number of hydrogen-bond acceptors (Lipinski definition) is 8. The Labute approximate surface area is 112 Å². The van der Waals surface area contributed by atoms with E-state index < -0.39 is 42.7 Å². The minimum absolute atomic E-state index is 0.461. The summed E-state index contributed by atoms with van der Waals surface area (Å²) >= 11 is 0. The van der Waals surface area contributed by atoms with E-state index in [1.165, 1.54) is 0 Å². The van der Waals surface area contributed by atoms with Crippen molar-refractivity contribution >= 4 is 24.0 Å². The van der Waals surface area contributed by atoms with Gasteiger partial charge in [-0.05, 0) is 0 Å². The van der Waals surface area contributed by atoms with Crippen molar-refractivity contribution in [3.05, 3.63) is 0 Å². The number of hydrazone groups is 2. The molecule has 0 bridgehead atoms. The molecule has 0 saturated heterocycles. The molecule has 0 aromatic carbocycles. The molecule has 0 aromatic rings. The molecule has 0 rings (SSSR count). The largest absolute Gasteiger partial charge is 0.394 e. The van der Waals surface area contributed by atoms with Gasteiger partial charge >= 0.3 is 12.1 Å². The molecule has 4 amide bonds. The van der Waals surface area contributed by atoms with E-state index in [4.69, 9.17) is 16.6 Å². The zero-order valence-electron chi connectivity index (χ0n) is 10.2. The molecule has 0 fully saturated rings. The van der Waals surface area contributed by atoms with Gasteiger partial charge in [-0.15, -0.1) is 0 Å². The van der Waals surface area contributed by atoms with Gasteiger partial charge in [-0.2, -0.15) is 10.2 Å². The van der Waals surface area contributed by atoms with Crippen molar-refractivity contribution in [2.75, 3.05) is 6.61 Å². The van der Waals surface area contributed by atoms with Gasteiger partial charge in [0.1, 0.15) is 24.0 Å². The predicted molar refractivity (Wildman–Crippen MR) is 66.5 cm³/mol. The fourth-order valence-corrected chi connectivity index (χ4v) is 0.946. The standard InChI is InChI=1S/C8H16N6O6/c9-7(19)13-11-1-3(12-14-8(10)20)5(17)6(18)4(16)2-15/h1,4-6,15-18H,2H2,(H3,9,13,19)(H3,10,14,20)/b11-1-,12-3+/t4-,5-,6+/m0/s1. The van der Waals surface area contributed by atoms with Gasteiger partial charge in [0.05, 0.1) is 12.8 Å². The summed E-state index contributed by atoms with van der Waals surface area (Å²) in [5, 5.41) is 43.5. The summed E-state index contributed by atoms with van der Waals surface area (Å²) in [4.78, 5) is 20.9. The molecule has 0 aliphatic rings. The Morgan fingerprint density at radius 1 is 1.15 bits per heavy atom. The number of nitrogens with zero attached hydrogens (tertiary/aromatic N) is 2. The van der Waals surface area contributed by atoms with E-state index in [1.807, 2.05) is 0 Å². The first-order valence-electron chi connectivity index (χ1n) is 5.16. The van der Waals surface area contributed by atoms with E-state index >= 15 is 0 Å². The van der Waals surface area contributed by atoms with Gasteiger partial charge in [-0.25, -0.2) is 20.4 Å². The number of primary amides is 2. The Hall–Kier alpha value is -2.28. The monoisotopic (exact) mass is 292 g/mol. The van der Waals surface area contributed by atoms with Crippen LogP contribution in [0.1, 0.15) is 0 Å². The van der Waals surface area contributed by atoms with Crippen LogP contribution in [0.5, 0.6) is 0 Å². The highest BCUT2D eigenvalue weighted by atomic mass is 16.4. The molecule has 114 valence electrons. The molecule has 0 heterocycles. The van der Waals surface area contributed by atoms with Gasteiger partial charge in [0, 0.05) is 0 Å². The van der Waals surface area contributed by atoms with Crippen LogP contribution in [0.2, 0.25) is 0 Å². The summed E-state index contributed by atoms with van der Waals surface area (Å²) in [5.74, 6) is 0. The number of amides is 4. The lowest BCUT2D eigenvalue weighted by molar-refractivity contribution is -0.0549. The molecule has 3 atom stereocenters. The van der Waals surface area contributed by atoms with Gasteiger partial charge in [0.15, 0.2) is 0 Å². The first-order chi connectivity index (χ1) is 9.29. The SMILES string of the molecule is NC(=O)N/N=C\C(=N/NC(N)=O)[C@H](O)[C@H](O)[C@@H](O)CO. The molecule has 0 unspecified atom stereocenters. The van der Waals surface area contributed by atoms with Crippen LogP contribution < -0.4 is 22.3 Å². The highest BCUT2D eigenvalue weighted by Crippen LogP contribution is 2.01. The summed E-state index contributed by atoms with van der Waals surface area (Å²) in [6.45, 7) is -0.828. The second kappa shape index (κ2) is 8.76. The van der Waals surface area contributed by atoms with E-state index in [-0.39, 0.29) is 0 Å². The minimum atomic E-state index is -1.83. The number of urea groups is 2. The Morgan fingerprint density at radius 3 is 2.15 bits per heavy atom. The third kappa shape index (κ3) is 6.60. The molecular formula is C8H16N6O6. The molecule has 0 saturated carbocycles. The van der Waals surface area contributed by atoms with E-state index in [9.17, 15) is 24.9 Å². The Balaban J connectivity index is 5.00. The van der Waals surface area contributed by atoms with E-state index in [0.29, 0.717) is 0 Å². The van der Waals surface area contributed by atoms with Crippen molar-refractivity contribution in [2.24, 2.45) is 21.7 Å². The Bertz CT molecular complexity index is 399. The Morgan fingerprint density at radius 2 is 1.70 bits per heavy atom. The van der Waals surface area contributed by atoms with Crippen LogP contribution in [-0.4, -0.2) is 69.3 Å². The highest BCUT2D eigenvalue weighted by molar-refractivity contribution is 6.32. The molecule has 0 aromatic heterocycles. The fraction of sp³-hybridized carbons (Fsp3) is 0.500. The number of nitrogens with two attached hydrogens (primary N) is 2. The summed E-state index contributed by atoms with van der Waals surface area (Å²) in [7, 11) is 0. The van der Waals surface area contributed by atoms with E-state index in [2.05, 4.69) is 10.2 Å². The maximum absolute atomic E-state index is 10.5. The summed E-state index contributed by atoms with van der Waals surface area (Å²) in [5.41, 5.74) is 12.6. The normalized spacial score (nSPS) is 16.5. The van der Waals surface area contributed by atoms with Crippen molar-refractivity contribution in [1.29, 1.82) is 0 Å². The van der Waals surface area contributed by atoms with Gasteiger partial charge in [0.2, 0.25) is 0 Å². The van der Waals surface area contributed by atoms with Gasteiger partial charge in [-0.3, -0.25) is 0 Å². The van der Waals surface area contributed by atoms with Crippen LogP contribution in [0.15, 0.2) is 10.2 Å². The van der Waals surface area contributed by atoms with Gasteiger partial charge in [0.25, 0.3) is 0 Å². The van der Waals surface area contributed by atoms with Crippen LogP contribution in [0, 0.1) is 0 Å². The Kier molecular flexibility index (Phi) is 7.76. The molecule has 0 aliphatic heterocycles. The van der Waals surface area contributed by atoms with Gasteiger partial charge in [-0.1, -0.05) is 0 Å². The lowest BCUT2D eigenvalue weighted by Crippen LogP contribution is -2.45. The van der Waals surface area contributed by atoms with E-state index in [1.54, 1.807) is 10.9 Å². The first-order valence-corrected chi connectivity index (χ1v) is 5.16. The maximum atomic E-state index is 10.5. The summed E-state index contributed by atoms with van der Waals surface area (Å²) < 4.78 is 0. The third-order valence-corrected chi connectivity index (χ3v) is 1.87. The topological polar surface area (TPSA) is 216 Å². The number of nitrogens with one attached hydrogen (secondary N) is 2. The fourth-order valence-electron chi connectivity index (χ4n) is 0.946. The minimum Gasteiger partial charge on any atom is -0.394 e. The molecule has 12 heteroatoms.